The highest BCUT2D eigenvalue weighted by atomic mass is 16.2. The van der Waals surface area contributed by atoms with Crippen LogP contribution in [-0.2, 0) is 9.59 Å². The summed E-state index contributed by atoms with van der Waals surface area (Å²) in [4.78, 5) is 23.5. The minimum atomic E-state index is -0.755. The van der Waals surface area contributed by atoms with Gasteiger partial charge in [0.25, 0.3) is 0 Å². The molecule has 3 heteroatoms. The lowest BCUT2D eigenvalue weighted by atomic mass is 9.53. The van der Waals surface area contributed by atoms with Crippen LogP contribution in [0, 0.1) is 10.8 Å². The topological polar surface area (TPSA) is 34.1 Å². The Kier molecular flexibility index (Phi) is 2.17. The van der Waals surface area contributed by atoms with Crippen LogP contribution in [0.25, 0.3) is 0 Å². The van der Waals surface area contributed by atoms with E-state index in [1.807, 2.05) is 21.7 Å². The first-order valence-corrected chi connectivity index (χ1v) is 4.77. The van der Waals surface area contributed by atoms with Crippen LogP contribution in [0.3, 0.4) is 0 Å². The van der Waals surface area contributed by atoms with Gasteiger partial charge in [0.15, 0.2) is 0 Å². The second-order valence-corrected chi connectivity index (χ2v) is 5.30. The van der Waals surface area contributed by atoms with Crippen LogP contribution in [0.5, 0.6) is 0 Å². The van der Waals surface area contributed by atoms with Crippen molar-refractivity contribution in [3.8, 4) is 0 Å². The normalized spacial score (nSPS) is 31.8. The van der Waals surface area contributed by atoms with E-state index in [4.69, 9.17) is 0 Å². The highest BCUT2D eigenvalue weighted by Crippen LogP contribution is 2.45. The van der Waals surface area contributed by atoms with Crippen molar-refractivity contribution >= 4 is 19.4 Å². The van der Waals surface area contributed by atoms with Crippen molar-refractivity contribution in [1.82, 2.24) is 0 Å². The monoisotopic (exact) mass is 180 g/mol. The molecule has 1 rings (SSSR count). The highest BCUT2D eigenvalue weighted by molar-refractivity contribution is 6.30. The number of ketones is 2. The molecule has 1 fully saturated rings. The molecule has 1 atom stereocenters. The summed E-state index contributed by atoms with van der Waals surface area (Å²) in [5, 5.41) is 0. The van der Waals surface area contributed by atoms with Gasteiger partial charge in [0.05, 0.1) is 5.41 Å². The van der Waals surface area contributed by atoms with Gasteiger partial charge in [0, 0.05) is 6.42 Å². The van der Waals surface area contributed by atoms with Gasteiger partial charge < -0.3 is 0 Å². The van der Waals surface area contributed by atoms with Crippen molar-refractivity contribution in [3.05, 3.63) is 0 Å². The first-order valence-electron chi connectivity index (χ1n) is 4.77. The molecule has 0 aromatic carbocycles. The Labute approximate surface area is 80.5 Å². The summed E-state index contributed by atoms with van der Waals surface area (Å²) in [5.74, 6) is 0.162. The minimum absolute atomic E-state index is 0.0137. The van der Waals surface area contributed by atoms with Crippen molar-refractivity contribution in [3.63, 3.8) is 0 Å². The molecule has 0 aliphatic heterocycles. The first-order chi connectivity index (χ1) is 5.69. The molecule has 1 unspecified atom stereocenters. The van der Waals surface area contributed by atoms with E-state index in [1.165, 1.54) is 0 Å². The van der Waals surface area contributed by atoms with Crippen molar-refractivity contribution in [1.29, 1.82) is 0 Å². The lowest BCUT2D eigenvalue weighted by Gasteiger charge is -2.41. The van der Waals surface area contributed by atoms with Gasteiger partial charge in [-0.15, -0.1) is 0 Å². The van der Waals surface area contributed by atoms with Gasteiger partial charge in [0.2, 0.25) is 0 Å². The summed E-state index contributed by atoms with van der Waals surface area (Å²) in [7, 11) is 1.93. The predicted molar refractivity (Wildman–Crippen MR) is 54.5 cm³/mol. The molecule has 0 spiro atoms. The van der Waals surface area contributed by atoms with Crippen LogP contribution >= 0.6 is 0 Å². The lowest BCUT2D eigenvalue weighted by Crippen LogP contribution is -2.47. The van der Waals surface area contributed by atoms with E-state index in [1.54, 1.807) is 13.8 Å². The number of Topliss-reactive ketones (excluding diaryl/α,β-unsaturated/α-hetero) is 2. The van der Waals surface area contributed by atoms with Crippen LogP contribution < -0.4 is 0 Å². The maximum Gasteiger partial charge on any atom is 0.146 e. The zero-order valence-electron chi connectivity index (χ0n) is 9.10. The molecular formula is C10H17BO2. The summed E-state index contributed by atoms with van der Waals surface area (Å²) in [6, 6.07) is 0. The summed E-state index contributed by atoms with van der Waals surface area (Å²) >= 11 is 0. The van der Waals surface area contributed by atoms with E-state index in [0.717, 1.165) is 0 Å². The third-order valence-corrected chi connectivity index (χ3v) is 3.49. The van der Waals surface area contributed by atoms with E-state index in [0.29, 0.717) is 6.42 Å². The van der Waals surface area contributed by atoms with Gasteiger partial charge in [-0.25, -0.2) is 0 Å². The molecule has 13 heavy (non-hydrogen) atoms. The maximum absolute atomic E-state index is 11.9. The van der Waals surface area contributed by atoms with Crippen LogP contribution in [0.2, 0.25) is 5.82 Å². The van der Waals surface area contributed by atoms with E-state index in [9.17, 15) is 9.59 Å². The smallest absolute Gasteiger partial charge is 0.146 e. The number of carbonyl (C=O) groups excluding carboxylic acids is 2. The Morgan fingerprint density at radius 1 is 1.23 bits per heavy atom. The Balaban J connectivity index is 3.07. The largest absolute Gasteiger partial charge is 0.299 e. The molecule has 0 bridgehead atoms. The van der Waals surface area contributed by atoms with Crippen LogP contribution in [0.15, 0.2) is 0 Å². The maximum atomic E-state index is 11.9. The number of hydrogen-bond acceptors (Lipinski definition) is 2. The third-order valence-electron chi connectivity index (χ3n) is 3.49. The van der Waals surface area contributed by atoms with Gasteiger partial charge >= 0.3 is 0 Å². The number of hydrogen-bond donors (Lipinski definition) is 0. The Bertz CT molecular complexity index is 266. The van der Waals surface area contributed by atoms with Crippen LogP contribution in [0.1, 0.15) is 34.1 Å². The van der Waals surface area contributed by atoms with Gasteiger partial charge in [0.1, 0.15) is 19.4 Å². The first kappa shape index (κ1) is 10.5. The van der Waals surface area contributed by atoms with Crippen molar-refractivity contribution in [2.24, 2.45) is 10.8 Å². The van der Waals surface area contributed by atoms with Crippen molar-refractivity contribution in [2.45, 2.75) is 39.9 Å². The highest BCUT2D eigenvalue weighted by Gasteiger charge is 2.49. The molecule has 1 saturated carbocycles. The standard InChI is InChI=1S/C10H17BO2/c1-9(2)5-6(12)10(3,4)8(13)7(9)11/h7H,5,11H2,1-4H3. The van der Waals surface area contributed by atoms with E-state index < -0.39 is 5.41 Å². The van der Waals surface area contributed by atoms with Gasteiger partial charge in [-0.3, -0.25) is 9.59 Å². The zero-order valence-corrected chi connectivity index (χ0v) is 9.10. The fourth-order valence-corrected chi connectivity index (χ4v) is 1.82. The second kappa shape index (κ2) is 2.69. The molecular weight excluding hydrogens is 163 g/mol. The SMILES string of the molecule is BC1C(=O)C(C)(C)C(=O)CC1(C)C. The van der Waals surface area contributed by atoms with Crippen LogP contribution in [0.4, 0.5) is 0 Å². The van der Waals surface area contributed by atoms with E-state index >= 15 is 0 Å². The molecule has 72 valence electrons. The van der Waals surface area contributed by atoms with Gasteiger partial charge in [-0.05, 0) is 25.1 Å². The number of carbonyl (C=O) groups is 2. The fraction of sp³-hybridized carbons (Fsp3) is 0.800. The van der Waals surface area contributed by atoms with Crippen LogP contribution in [-0.4, -0.2) is 19.4 Å². The lowest BCUT2D eigenvalue weighted by molar-refractivity contribution is -0.145. The summed E-state index contributed by atoms with van der Waals surface area (Å²) < 4.78 is 0. The number of rotatable bonds is 0. The molecule has 2 nitrogen and oxygen atoms in total. The molecule has 1 aliphatic carbocycles. The van der Waals surface area contributed by atoms with Gasteiger partial charge in [-0.2, -0.15) is 0 Å². The molecule has 0 aromatic heterocycles. The Morgan fingerprint density at radius 3 is 2.15 bits per heavy atom. The van der Waals surface area contributed by atoms with E-state index in [-0.39, 0.29) is 22.8 Å². The quantitative estimate of drug-likeness (QED) is 0.411. The fourth-order valence-electron chi connectivity index (χ4n) is 1.82. The minimum Gasteiger partial charge on any atom is -0.299 e. The molecule has 0 N–H and O–H groups in total. The predicted octanol–water partition coefficient (Wildman–Crippen LogP) is 1.00. The molecule has 1 aliphatic rings. The second-order valence-electron chi connectivity index (χ2n) is 5.30. The average Bonchev–Trinajstić information content (AvgIpc) is 1.98. The summed E-state index contributed by atoms with van der Waals surface area (Å²) in [6.45, 7) is 7.46. The van der Waals surface area contributed by atoms with Crippen molar-refractivity contribution in [2.75, 3.05) is 0 Å². The average molecular weight is 180 g/mol. The Morgan fingerprint density at radius 2 is 1.69 bits per heavy atom. The molecule has 0 amide bonds. The van der Waals surface area contributed by atoms with Gasteiger partial charge in [-0.1, -0.05) is 13.8 Å². The third kappa shape index (κ3) is 1.45. The summed E-state index contributed by atoms with van der Waals surface area (Å²) in [5.41, 5.74) is -0.918. The molecule has 0 heterocycles. The molecule has 0 aromatic rings. The van der Waals surface area contributed by atoms with E-state index in [2.05, 4.69) is 0 Å². The van der Waals surface area contributed by atoms with Crippen molar-refractivity contribution < 1.29 is 9.59 Å². The molecule has 0 saturated heterocycles. The summed E-state index contributed by atoms with van der Waals surface area (Å²) in [6.07, 6.45) is 0.521. The zero-order chi connectivity index (χ0) is 10.4. The Hall–Kier alpha value is -0.595. The molecule has 0 radical (unpaired) electrons.